The fourth-order valence-electron chi connectivity index (χ4n) is 2.36. The Kier molecular flexibility index (Phi) is 5.83. The Morgan fingerprint density at radius 2 is 1.37 bits per heavy atom. The average Bonchev–Trinajstić information content (AvgIpc) is 2.62. The van der Waals surface area contributed by atoms with E-state index in [0.717, 1.165) is 0 Å². The fraction of sp³-hybridized carbons (Fsp3) is 0. The fourth-order valence-corrected chi connectivity index (χ4v) is 2.89. The number of rotatable bonds is 4. The number of urea groups is 1. The third-order valence-electron chi connectivity index (χ3n) is 3.59. The van der Waals surface area contributed by atoms with E-state index in [0.29, 0.717) is 27.1 Å². The molecule has 0 atom stereocenters. The first-order valence-corrected chi connectivity index (χ1v) is 8.80. The van der Waals surface area contributed by atoms with Crippen molar-refractivity contribution in [3.8, 4) is 0 Å². The van der Waals surface area contributed by atoms with Crippen molar-refractivity contribution < 1.29 is 14.0 Å². The Labute approximate surface area is 163 Å². The van der Waals surface area contributed by atoms with Gasteiger partial charge in [0.2, 0.25) is 0 Å². The normalized spacial score (nSPS) is 10.1. The number of benzene rings is 3. The maximum atomic E-state index is 13.2. The minimum absolute atomic E-state index is 0.302. The van der Waals surface area contributed by atoms with Gasteiger partial charge >= 0.3 is 6.03 Å². The molecule has 0 aromatic heterocycles. The molecule has 0 saturated carbocycles. The van der Waals surface area contributed by atoms with Crippen molar-refractivity contribution >= 4 is 44.9 Å². The van der Waals surface area contributed by atoms with E-state index in [-0.39, 0.29) is 0 Å². The molecule has 0 bridgehead atoms. The van der Waals surface area contributed by atoms with Crippen LogP contribution in [0, 0.1) is 5.82 Å². The number of hydrogen-bond donors (Lipinski definition) is 3. The molecule has 0 fully saturated rings. The predicted molar refractivity (Wildman–Crippen MR) is 108 cm³/mol. The molecule has 7 heteroatoms. The Balaban J connectivity index is 1.66. The van der Waals surface area contributed by atoms with Crippen LogP contribution in [0.1, 0.15) is 10.4 Å². The summed E-state index contributed by atoms with van der Waals surface area (Å²) in [5, 5.41) is 8.13. The smallest absolute Gasteiger partial charge is 0.322 e. The van der Waals surface area contributed by atoms with Gasteiger partial charge in [-0.25, -0.2) is 9.18 Å². The lowest BCUT2D eigenvalue weighted by Gasteiger charge is -2.10. The molecule has 3 aromatic rings. The molecule has 0 radical (unpaired) electrons. The highest BCUT2D eigenvalue weighted by Gasteiger charge is 2.11. The van der Waals surface area contributed by atoms with Gasteiger partial charge < -0.3 is 16.0 Å². The van der Waals surface area contributed by atoms with E-state index in [1.807, 2.05) is 18.2 Å². The number of anilines is 3. The van der Waals surface area contributed by atoms with Crippen LogP contribution < -0.4 is 16.0 Å². The molecule has 0 aliphatic heterocycles. The predicted octanol–water partition coefficient (Wildman–Crippen LogP) is 5.48. The minimum atomic E-state index is -0.436. The van der Waals surface area contributed by atoms with Crippen LogP contribution in [0.15, 0.2) is 77.3 Å². The first kappa shape index (κ1) is 18.6. The third-order valence-corrected chi connectivity index (χ3v) is 4.24. The van der Waals surface area contributed by atoms with Gasteiger partial charge in [-0.15, -0.1) is 0 Å². The van der Waals surface area contributed by atoms with E-state index in [1.54, 1.807) is 36.4 Å². The SMILES string of the molecule is O=C(Nc1ccccc1)Nc1cccc(NC(=O)c2ccc(F)cc2Br)c1. The van der Waals surface area contributed by atoms with Crippen LogP contribution in [0.3, 0.4) is 0 Å². The summed E-state index contributed by atoms with van der Waals surface area (Å²) in [6, 6.07) is 19.2. The molecule has 0 heterocycles. The van der Waals surface area contributed by atoms with Gasteiger partial charge in [-0.1, -0.05) is 24.3 Å². The Bertz CT molecular complexity index is 980. The van der Waals surface area contributed by atoms with Gasteiger partial charge in [-0.3, -0.25) is 4.79 Å². The monoisotopic (exact) mass is 427 g/mol. The van der Waals surface area contributed by atoms with Gasteiger partial charge in [0.05, 0.1) is 5.56 Å². The van der Waals surface area contributed by atoms with Crippen molar-refractivity contribution in [3.63, 3.8) is 0 Å². The Morgan fingerprint density at radius 1 is 0.741 bits per heavy atom. The molecule has 3 aromatic carbocycles. The highest BCUT2D eigenvalue weighted by atomic mass is 79.9. The molecular formula is C20H15BrFN3O2. The third kappa shape index (κ3) is 5.15. The molecular weight excluding hydrogens is 413 g/mol. The molecule has 0 spiro atoms. The zero-order valence-electron chi connectivity index (χ0n) is 14.0. The number of halogens is 2. The first-order valence-electron chi connectivity index (χ1n) is 8.01. The van der Waals surface area contributed by atoms with Gasteiger partial charge in [0.1, 0.15) is 5.82 Å². The zero-order chi connectivity index (χ0) is 19.2. The van der Waals surface area contributed by atoms with E-state index in [1.165, 1.54) is 18.2 Å². The first-order chi connectivity index (χ1) is 13.0. The van der Waals surface area contributed by atoms with Crippen LogP contribution in [0.2, 0.25) is 0 Å². The lowest BCUT2D eigenvalue weighted by molar-refractivity contribution is 0.102. The second kappa shape index (κ2) is 8.46. The van der Waals surface area contributed by atoms with Gasteiger partial charge in [0, 0.05) is 21.5 Å². The zero-order valence-corrected chi connectivity index (χ0v) is 15.6. The highest BCUT2D eigenvalue weighted by molar-refractivity contribution is 9.10. The lowest BCUT2D eigenvalue weighted by Crippen LogP contribution is -2.19. The number of nitrogens with one attached hydrogen (secondary N) is 3. The van der Waals surface area contributed by atoms with Crippen LogP contribution >= 0.6 is 15.9 Å². The summed E-state index contributed by atoms with van der Waals surface area (Å²) in [5.41, 5.74) is 1.98. The summed E-state index contributed by atoms with van der Waals surface area (Å²) in [5.74, 6) is -0.832. The molecule has 136 valence electrons. The van der Waals surface area contributed by atoms with Gasteiger partial charge in [-0.2, -0.15) is 0 Å². The number of hydrogen-bond acceptors (Lipinski definition) is 2. The number of carbonyl (C=O) groups is 2. The van der Waals surface area contributed by atoms with Crippen molar-refractivity contribution in [1.82, 2.24) is 0 Å². The Morgan fingerprint density at radius 3 is 2.07 bits per heavy atom. The molecule has 0 saturated heterocycles. The number of carbonyl (C=O) groups excluding carboxylic acids is 2. The van der Waals surface area contributed by atoms with Crippen molar-refractivity contribution in [2.45, 2.75) is 0 Å². The van der Waals surface area contributed by atoms with Crippen LogP contribution in [0.4, 0.5) is 26.2 Å². The number of para-hydroxylation sites is 1. The molecule has 3 N–H and O–H groups in total. The van der Waals surface area contributed by atoms with E-state index in [2.05, 4.69) is 31.9 Å². The highest BCUT2D eigenvalue weighted by Crippen LogP contribution is 2.21. The second-order valence-corrected chi connectivity index (χ2v) is 6.46. The average molecular weight is 428 g/mol. The summed E-state index contributed by atoms with van der Waals surface area (Å²) in [4.78, 5) is 24.4. The van der Waals surface area contributed by atoms with Crippen molar-refractivity contribution in [2.24, 2.45) is 0 Å². The summed E-state index contributed by atoms with van der Waals surface area (Å²) in [6.45, 7) is 0. The van der Waals surface area contributed by atoms with Crippen LogP contribution in [-0.4, -0.2) is 11.9 Å². The molecule has 27 heavy (non-hydrogen) atoms. The quantitative estimate of drug-likeness (QED) is 0.515. The lowest BCUT2D eigenvalue weighted by atomic mass is 10.2. The summed E-state index contributed by atoms with van der Waals surface area (Å²) < 4.78 is 13.5. The number of amides is 3. The molecule has 3 rings (SSSR count). The van der Waals surface area contributed by atoms with Gasteiger partial charge in [0.15, 0.2) is 0 Å². The van der Waals surface area contributed by atoms with Crippen LogP contribution in [-0.2, 0) is 0 Å². The molecule has 0 unspecified atom stereocenters. The van der Waals surface area contributed by atoms with E-state index >= 15 is 0 Å². The topological polar surface area (TPSA) is 70.2 Å². The van der Waals surface area contributed by atoms with Gasteiger partial charge in [-0.05, 0) is 64.5 Å². The maximum Gasteiger partial charge on any atom is 0.323 e. The molecule has 5 nitrogen and oxygen atoms in total. The molecule has 0 aliphatic rings. The van der Waals surface area contributed by atoms with Crippen molar-refractivity contribution in [2.75, 3.05) is 16.0 Å². The Hall–Kier alpha value is -3.19. The van der Waals surface area contributed by atoms with Crippen molar-refractivity contribution in [3.05, 3.63) is 88.6 Å². The van der Waals surface area contributed by atoms with Crippen LogP contribution in [0.25, 0.3) is 0 Å². The second-order valence-electron chi connectivity index (χ2n) is 5.60. The van der Waals surface area contributed by atoms with Crippen LogP contribution in [0.5, 0.6) is 0 Å². The summed E-state index contributed by atoms with van der Waals surface area (Å²) >= 11 is 3.17. The largest absolute Gasteiger partial charge is 0.323 e. The van der Waals surface area contributed by atoms with E-state index in [9.17, 15) is 14.0 Å². The summed E-state index contributed by atoms with van der Waals surface area (Å²) in [6.07, 6.45) is 0. The summed E-state index contributed by atoms with van der Waals surface area (Å²) in [7, 11) is 0. The van der Waals surface area contributed by atoms with E-state index in [4.69, 9.17) is 0 Å². The van der Waals surface area contributed by atoms with E-state index < -0.39 is 17.8 Å². The van der Waals surface area contributed by atoms with Crippen molar-refractivity contribution in [1.29, 1.82) is 0 Å². The minimum Gasteiger partial charge on any atom is -0.322 e. The standard InChI is InChI=1S/C20H15BrFN3O2/c21-18-11-13(22)9-10-17(18)19(26)23-15-7-4-8-16(12-15)25-20(27)24-14-5-2-1-3-6-14/h1-12H,(H,23,26)(H2,24,25,27). The maximum absolute atomic E-state index is 13.2. The molecule has 3 amide bonds. The molecule has 0 aliphatic carbocycles. The van der Waals surface area contributed by atoms with Gasteiger partial charge in [0.25, 0.3) is 5.91 Å².